The number of pyridine rings is 1. The smallest absolute Gasteiger partial charge is 0.338 e. The van der Waals surface area contributed by atoms with Crippen LogP contribution in [-0.2, 0) is 25.7 Å². The van der Waals surface area contributed by atoms with Gasteiger partial charge in [0, 0.05) is 27.9 Å². The van der Waals surface area contributed by atoms with Crippen molar-refractivity contribution in [1.82, 2.24) is 4.57 Å². The summed E-state index contributed by atoms with van der Waals surface area (Å²) in [6, 6.07) is 21.0. The largest absolute Gasteiger partial charge is 0.495 e. The van der Waals surface area contributed by atoms with Crippen LogP contribution in [0.4, 0.5) is 5.69 Å². The molecule has 236 valence electrons. The Morgan fingerprint density at radius 2 is 1.72 bits per heavy atom. The van der Waals surface area contributed by atoms with Gasteiger partial charge in [0.15, 0.2) is 0 Å². The Labute approximate surface area is 270 Å². The van der Waals surface area contributed by atoms with Gasteiger partial charge in [-0.05, 0) is 54.4 Å². The lowest BCUT2D eigenvalue weighted by Crippen LogP contribution is -2.37. The number of ether oxygens (including phenoxy) is 3. The van der Waals surface area contributed by atoms with Gasteiger partial charge >= 0.3 is 11.9 Å². The van der Waals surface area contributed by atoms with E-state index in [1.807, 2.05) is 18.2 Å². The first kappa shape index (κ1) is 33.5. The highest BCUT2D eigenvalue weighted by Gasteiger charge is 2.23. The van der Waals surface area contributed by atoms with E-state index in [2.05, 4.69) is 11.4 Å². The fraction of sp³-hybridized carbons (Fsp3) is 0.206. The number of amides is 1. The van der Waals surface area contributed by atoms with E-state index in [1.165, 1.54) is 48.2 Å². The molecule has 0 saturated carbocycles. The summed E-state index contributed by atoms with van der Waals surface area (Å²) in [7, 11) is 1.42. The molecular formula is C34H31ClN4O7. The van der Waals surface area contributed by atoms with Crippen LogP contribution in [0, 0.1) is 11.3 Å². The van der Waals surface area contributed by atoms with Crippen molar-refractivity contribution in [1.29, 1.82) is 5.26 Å². The third-order valence-corrected chi connectivity index (χ3v) is 7.23. The monoisotopic (exact) mass is 642 g/mol. The number of carbonyl (C=O) groups excluding carboxylic acids is 3. The molecule has 0 bridgehead atoms. The minimum absolute atomic E-state index is 0.0487. The zero-order chi connectivity index (χ0) is 33.2. The summed E-state index contributed by atoms with van der Waals surface area (Å²) in [5, 5.41) is 12.7. The maximum Gasteiger partial charge on any atom is 0.338 e. The molecule has 3 aromatic carbocycles. The zero-order valence-corrected chi connectivity index (χ0v) is 25.8. The molecule has 12 heteroatoms. The van der Waals surface area contributed by atoms with Gasteiger partial charge in [-0.1, -0.05) is 48.9 Å². The number of esters is 2. The minimum atomic E-state index is -1.16. The van der Waals surface area contributed by atoms with Gasteiger partial charge in [-0.15, -0.1) is 0 Å². The van der Waals surface area contributed by atoms with E-state index in [1.54, 1.807) is 37.3 Å². The highest BCUT2D eigenvalue weighted by atomic mass is 35.5. The SMILES string of the molecule is CCC(C(=O)Nc1ccc(C(=O)OC[C@H](N)C(=O)OCc2ccccc2)cc1)n1cc(OC)c(-c2cc(Cl)ccc2C#N)cc1=O. The molecule has 1 aromatic heterocycles. The van der Waals surface area contributed by atoms with Gasteiger partial charge in [-0.3, -0.25) is 19.0 Å². The number of aromatic nitrogens is 1. The second-order valence-corrected chi connectivity index (χ2v) is 10.5. The van der Waals surface area contributed by atoms with Crippen molar-refractivity contribution < 1.29 is 28.6 Å². The number of nitriles is 1. The quantitative estimate of drug-likeness (QED) is 0.205. The molecule has 0 aliphatic heterocycles. The van der Waals surface area contributed by atoms with Gasteiger partial charge < -0.3 is 25.3 Å². The van der Waals surface area contributed by atoms with Crippen LogP contribution in [0.3, 0.4) is 0 Å². The Kier molecular flexibility index (Phi) is 11.3. The Morgan fingerprint density at radius 3 is 2.37 bits per heavy atom. The van der Waals surface area contributed by atoms with E-state index in [4.69, 9.17) is 31.5 Å². The van der Waals surface area contributed by atoms with E-state index < -0.39 is 35.5 Å². The number of carbonyl (C=O) groups is 3. The van der Waals surface area contributed by atoms with Gasteiger partial charge in [0.05, 0.1) is 30.5 Å². The highest BCUT2D eigenvalue weighted by molar-refractivity contribution is 6.31. The lowest BCUT2D eigenvalue weighted by Gasteiger charge is -2.20. The van der Waals surface area contributed by atoms with Crippen LogP contribution in [0.2, 0.25) is 5.02 Å². The number of benzene rings is 3. The number of nitrogens with two attached hydrogens (primary N) is 1. The maximum absolute atomic E-state index is 13.3. The van der Waals surface area contributed by atoms with E-state index >= 15 is 0 Å². The predicted molar refractivity (Wildman–Crippen MR) is 171 cm³/mol. The van der Waals surface area contributed by atoms with Gasteiger partial charge in [-0.2, -0.15) is 5.26 Å². The fourth-order valence-electron chi connectivity index (χ4n) is 4.56. The molecule has 0 spiro atoms. The number of nitrogens with one attached hydrogen (secondary N) is 1. The van der Waals surface area contributed by atoms with Crippen LogP contribution in [0.15, 0.2) is 89.9 Å². The van der Waals surface area contributed by atoms with E-state index in [9.17, 15) is 24.4 Å². The molecule has 0 radical (unpaired) electrons. The second-order valence-electron chi connectivity index (χ2n) is 10.1. The van der Waals surface area contributed by atoms with Crippen LogP contribution in [0.1, 0.15) is 40.9 Å². The molecular weight excluding hydrogens is 612 g/mol. The molecule has 1 unspecified atom stereocenters. The summed E-state index contributed by atoms with van der Waals surface area (Å²) in [5.41, 5.74) is 7.77. The molecule has 0 saturated heterocycles. The second kappa shape index (κ2) is 15.5. The summed E-state index contributed by atoms with van der Waals surface area (Å²) in [6.07, 6.45) is 1.70. The Bertz CT molecular complexity index is 1820. The third kappa shape index (κ3) is 8.18. The third-order valence-electron chi connectivity index (χ3n) is 6.99. The molecule has 46 heavy (non-hydrogen) atoms. The minimum Gasteiger partial charge on any atom is -0.495 e. The van der Waals surface area contributed by atoms with Crippen molar-refractivity contribution in [2.24, 2.45) is 5.73 Å². The summed E-state index contributed by atoms with van der Waals surface area (Å²) in [6.45, 7) is 1.42. The average molecular weight is 643 g/mol. The van der Waals surface area contributed by atoms with E-state index in [-0.39, 0.29) is 30.9 Å². The summed E-state index contributed by atoms with van der Waals surface area (Å²) < 4.78 is 17.1. The number of methoxy groups -OCH3 is 1. The van der Waals surface area contributed by atoms with Crippen molar-refractivity contribution in [2.45, 2.75) is 32.0 Å². The standard InChI is InChI=1S/C34H31ClN4O7/c1-3-29(39-18-30(44-2)27(16-31(39)40)26-15-24(35)12-9-23(26)17-36)32(41)38-25-13-10-22(11-14-25)33(42)46-20-28(37)34(43)45-19-21-7-5-4-6-8-21/h4-16,18,28-29H,3,19-20,37H2,1-2H3,(H,38,41)/t28-,29?/m0/s1. The number of anilines is 1. The normalized spacial score (nSPS) is 11.9. The van der Waals surface area contributed by atoms with E-state index in [0.29, 0.717) is 27.4 Å². The Morgan fingerprint density at radius 1 is 1.00 bits per heavy atom. The molecule has 4 rings (SSSR count). The molecule has 0 fully saturated rings. The lowest BCUT2D eigenvalue weighted by molar-refractivity contribution is -0.147. The topological polar surface area (TPSA) is 163 Å². The predicted octanol–water partition coefficient (Wildman–Crippen LogP) is 4.87. The molecule has 0 aliphatic carbocycles. The molecule has 3 N–H and O–H groups in total. The molecule has 4 aromatic rings. The first-order valence-corrected chi connectivity index (χ1v) is 14.6. The van der Waals surface area contributed by atoms with E-state index in [0.717, 1.165) is 5.56 Å². The van der Waals surface area contributed by atoms with Crippen molar-refractivity contribution in [3.05, 3.63) is 117 Å². The number of halogens is 1. The lowest BCUT2D eigenvalue weighted by atomic mass is 10.00. The molecule has 0 aliphatic rings. The van der Waals surface area contributed by atoms with Crippen LogP contribution >= 0.6 is 11.6 Å². The van der Waals surface area contributed by atoms with Crippen LogP contribution in [0.25, 0.3) is 11.1 Å². The number of nitrogens with zero attached hydrogens (tertiary/aromatic N) is 2. The highest BCUT2D eigenvalue weighted by Crippen LogP contribution is 2.33. The maximum atomic E-state index is 13.3. The van der Waals surface area contributed by atoms with Crippen molar-refractivity contribution in [2.75, 3.05) is 19.0 Å². The first-order valence-electron chi connectivity index (χ1n) is 14.2. The van der Waals surface area contributed by atoms with Gasteiger partial charge in [0.25, 0.3) is 5.56 Å². The molecule has 1 heterocycles. The van der Waals surface area contributed by atoms with Crippen LogP contribution < -0.4 is 21.3 Å². The average Bonchev–Trinajstić information content (AvgIpc) is 3.07. The van der Waals surface area contributed by atoms with Gasteiger partial charge in [0.1, 0.15) is 31.0 Å². The summed E-state index contributed by atoms with van der Waals surface area (Å²) >= 11 is 6.14. The molecule has 2 atom stereocenters. The molecule has 1 amide bonds. The Hall–Kier alpha value is -5.44. The van der Waals surface area contributed by atoms with Crippen LogP contribution in [-0.4, -0.2) is 42.2 Å². The first-order chi connectivity index (χ1) is 22.1. The summed E-state index contributed by atoms with van der Waals surface area (Å²) in [5.74, 6) is -1.62. The zero-order valence-electron chi connectivity index (χ0n) is 25.1. The van der Waals surface area contributed by atoms with Crippen molar-refractivity contribution in [3.63, 3.8) is 0 Å². The van der Waals surface area contributed by atoms with Crippen molar-refractivity contribution >= 4 is 35.1 Å². The number of hydrogen-bond acceptors (Lipinski definition) is 9. The number of rotatable bonds is 12. The van der Waals surface area contributed by atoms with Gasteiger partial charge in [-0.25, -0.2) is 4.79 Å². The molecule has 11 nitrogen and oxygen atoms in total. The van der Waals surface area contributed by atoms with Crippen molar-refractivity contribution in [3.8, 4) is 22.9 Å². The van der Waals surface area contributed by atoms with Crippen LogP contribution in [0.5, 0.6) is 5.75 Å². The number of hydrogen-bond donors (Lipinski definition) is 2. The fourth-order valence-corrected chi connectivity index (χ4v) is 4.73. The Balaban J connectivity index is 1.39. The summed E-state index contributed by atoms with van der Waals surface area (Å²) in [4.78, 5) is 51.2. The van der Waals surface area contributed by atoms with Gasteiger partial charge in [0.2, 0.25) is 5.91 Å².